The van der Waals surface area contributed by atoms with Crippen LogP contribution in [0.15, 0.2) is 42.5 Å². The summed E-state index contributed by atoms with van der Waals surface area (Å²) in [5, 5.41) is 72.2. The molecule has 0 bridgehead atoms. The fourth-order valence-corrected chi connectivity index (χ4v) is 5.13. The Morgan fingerprint density at radius 3 is 2.08 bits per heavy atom. The maximum Gasteiger partial charge on any atom is 0.338 e. The highest BCUT2D eigenvalue weighted by Crippen LogP contribution is 2.40. The molecular formula is C31H38O17. The maximum absolute atomic E-state index is 13.0. The average molecular weight is 683 g/mol. The topological polar surface area (TPSA) is 250 Å². The molecule has 0 spiro atoms. The number of methoxy groups -OCH3 is 3. The lowest BCUT2D eigenvalue weighted by Gasteiger charge is -2.43. The highest BCUT2D eigenvalue weighted by molar-refractivity contribution is 5.89. The van der Waals surface area contributed by atoms with Gasteiger partial charge in [-0.15, -0.1) is 0 Å². The summed E-state index contributed by atoms with van der Waals surface area (Å²) in [6.45, 7) is -2.59. The monoisotopic (exact) mass is 682 g/mol. The summed E-state index contributed by atoms with van der Waals surface area (Å²) in [5.74, 6) is -3.57. The van der Waals surface area contributed by atoms with Crippen LogP contribution in [0, 0.1) is 0 Å². The van der Waals surface area contributed by atoms with E-state index in [1.807, 2.05) is 0 Å². The molecule has 9 atom stereocenters. The largest absolute Gasteiger partial charge is 0.508 e. The van der Waals surface area contributed by atoms with Crippen LogP contribution in [-0.4, -0.2) is 144 Å². The van der Waals surface area contributed by atoms with Crippen molar-refractivity contribution in [2.75, 3.05) is 41.2 Å². The molecule has 0 amide bonds. The highest BCUT2D eigenvalue weighted by Gasteiger charge is 2.60. The Morgan fingerprint density at radius 1 is 0.875 bits per heavy atom. The molecule has 2 aliphatic heterocycles. The Bertz CT molecular complexity index is 1410. The number of hydrogen-bond acceptors (Lipinski definition) is 17. The van der Waals surface area contributed by atoms with Crippen LogP contribution >= 0.6 is 0 Å². The van der Waals surface area contributed by atoms with Gasteiger partial charge in [-0.3, -0.25) is 0 Å². The van der Waals surface area contributed by atoms with Crippen LogP contribution in [0.1, 0.15) is 15.9 Å². The van der Waals surface area contributed by atoms with Gasteiger partial charge in [0, 0.05) is 6.08 Å². The van der Waals surface area contributed by atoms with Crippen LogP contribution in [0.4, 0.5) is 0 Å². The maximum atomic E-state index is 13.0. The third kappa shape index (κ3) is 7.81. The molecule has 264 valence electrons. The molecule has 2 aromatic rings. The molecule has 2 heterocycles. The van der Waals surface area contributed by atoms with Crippen LogP contribution in [0.3, 0.4) is 0 Å². The quantitative estimate of drug-likeness (QED) is 0.0934. The van der Waals surface area contributed by atoms with Crippen molar-refractivity contribution in [3.8, 4) is 23.0 Å². The van der Waals surface area contributed by atoms with Gasteiger partial charge in [-0.05, 0) is 48.0 Å². The van der Waals surface area contributed by atoms with Gasteiger partial charge in [-0.2, -0.15) is 0 Å². The number of ether oxygens (including phenoxy) is 8. The minimum absolute atomic E-state index is 0.0538. The molecule has 48 heavy (non-hydrogen) atoms. The molecule has 17 nitrogen and oxygen atoms in total. The molecule has 2 aromatic carbocycles. The summed E-state index contributed by atoms with van der Waals surface area (Å²) in [6.07, 6.45) is -11.9. The van der Waals surface area contributed by atoms with Gasteiger partial charge in [-0.25, -0.2) is 9.59 Å². The van der Waals surface area contributed by atoms with Crippen molar-refractivity contribution in [1.82, 2.24) is 0 Å². The SMILES string of the molecule is COc1cc(C=CC(=O)O[C@H]2[C@H](O)[C@@H](CO)O[C@@]2(CO)O[C@@H]2O[C@H](COC(=O)c3ccc(O)cc3)[C@@H](O)[C@H](O)[C@H]2O)cc(OC)c1OC. The Morgan fingerprint density at radius 2 is 1.52 bits per heavy atom. The van der Waals surface area contributed by atoms with Gasteiger partial charge in [-0.1, -0.05) is 0 Å². The first kappa shape index (κ1) is 36.8. The van der Waals surface area contributed by atoms with E-state index in [0.29, 0.717) is 22.8 Å². The minimum atomic E-state index is -2.47. The van der Waals surface area contributed by atoms with Gasteiger partial charge in [0.2, 0.25) is 11.5 Å². The summed E-state index contributed by atoms with van der Waals surface area (Å²) >= 11 is 0. The fourth-order valence-electron chi connectivity index (χ4n) is 5.13. The van der Waals surface area contributed by atoms with Gasteiger partial charge >= 0.3 is 11.9 Å². The van der Waals surface area contributed by atoms with Gasteiger partial charge < -0.3 is 73.6 Å². The second-order valence-corrected chi connectivity index (χ2v) is 10.7. The van der Waals surface area contributed by atoms with E-state index >= 15 is 0 Å². The van der Waals surface area contributed by atoms with Crippen molar-refractivity contribution >= 4 is 18.0 Å². The molecule has 17 heteroatoms. The Labute approximate surface area is 274 Å². The number of esters is 2. The number of aromatic hydroxyl groups is 1. The van der Waals surface area contributed by atoms with E-state index in [1.54, 1.807) is 12.1 Å². The lowest BCUT2D eigenvalue weighted by Crippen LogP contribution is -2.63. The fraction of sp³-hybridized carbons (Fsp3) is 0.484. The van der Waals surface area contributed by atoms with Crippen molar-refractivity contribution < 1.29 is 83.2 Å². The molecule has 0 aliphatic carbocycles. The van der Waals surface area contributed by atoms with Crippen LogP contribution in [0.5, 0.6) is 23.0 Å². The first-order valence-corrected chi connectivity index (χ1v) is 14.5. The molecule has 4 rings (SSSR count). The smallest absolute Gasteiger partial charge is 0.338 e. The van der Waals surface area contributed by atoms with Gasteiger partial charge in [0.05, 0.1) is 33.5 Å². The number of phenolic OH excluding ortho intramolecular Hbond substituents is 1. The second kappa shape index (κ2) is 15.9. The molecule has 0 unspecified atom stereocenters. The van der Waals surface area contributed by atoms with E-state index in [9.17, 15) is 45.3 Å². The predicted octanol–water partition coefficient (Wildman–Crippen LogP) is -1.54. The van der Waals surface area contributed by atoms with E-state index in [4.69, 9.17) is 37.9 Å². The number of aliphatic hydroxyl groups excluding tert-OH is 6. The number of hydrogen-bond donors (Lipinski definition) is 7. The van der Waals surface area contributed by atoms with E-state index < -0.39 is 86.6 Å². The molecule has 0 aromatic heterocycles. The second-order valence-electron chi connectivity index (χ2n) is 10.7. The van der Waals surface area contributed by atoms with E-state index in [0.717, 1.165) is 6.08 Å². The molecule has 7 N–H and O–H groups in total. The molecule has 2 fully saturated rings. The molecule has 2 saturated heterocycles. The van der Waals surface area contributed by atoms with Crippen LogP contribution in [0.2, 0.25) is 0 Å². The van der Waals surface area contributed by atoms with Crippen molar-refractivity contribution in [1.29, 1.82) is 0 Å². The summed E-state index contributed by atoms with van der Waals surface area (Å²) in [6, 6.07) is 8.16. The van der Waals surface area contributed by atoms with E-state index in [-0.39, 0.29) is 11.3 Å². The first-order chi connectivity index (χ1) is 22.9. The van der Waals surface area contributed by atoms with Gasteiger partial charge in [0.25, 0.3) is 0 Å². The number of benzene rings is 2. The lowest BCUT2D eigenvalue weighted by molar-refractivity contribution is -0.383. The zero-order valence-corrected chi connectivity index (χ0v) is 26.1. The zero-order chi connectivity index (χ0) is 35.2. The van der Waals surface area contributed by atoms with Gasteiger partial charge in [0.15, 0.2) is 23.9 Å². The Kier molecular flexibility index (Phi) is 12.2. The van der Waals surface area contributed by atoms with Crippen LogP contribution in [-0.2, 0) is 28.5 Å². The zero-order valence-electron chi connectivity index (χ0n) is 26.1. The van der Waals surface area contributed by atoms with Crippen molar-refractivity contribution in [2.45, 2.75) is 54.8 Å². The van der Waals surface area contributed by atoms with E-state index in [1.165, 1.54) is 51.7 Å². The summed E-state index contributed by atoms with van der Waals surface area (Å²) < 4.78 is 43.3. The van der Waals surface area contributed by atoms with Crippen LogP contribution < -0.4 is 14.2 Å². The number of aliphatic hydroxyl groups is 6. The van der Waals surface area contributed by atoms with Crippen molar-refractivity contribution in [3.63, 3.8) is 0 Å². The summed E-state index contributed by atoms with van der Waals surface area (Å²) in [4.78, 5) is 25.4. The molecule has 0 radical (unpaired) electrons. The minimum Gasteiger partial charge on any atom is -0.508 e. The number of phenols is 1. The lowest BCUT2D eigenvalue weighted by atomic mass is 9.98. The highest BCUT2D eigenvalue weighted by atomic mass is 16.8. The van der Waals surface area contributed by atoms with Crippen molar-refractivity contribution in [2.24, 2.45) is 0 Å². The number of carbonyl (C=O) groups excluding carboxylic acids is 2. The normalized spacial score (nSPS) is 30.2. The summed E-state index contributed by atoms with van der Waals surface area (Å²) in [5.41, 5.74) is 0.476. The van der Waals surface area contributed by atoms with Crippen molar-refractivity contribution in [3.05, 3.63) is 53.6 Å². The molecule has 2 aliphatic rings. The Hall–Kier alpha value is -4.04. The molecule has 0 saturated carbocycles. The van der Waals surface area contributed by atoms with Gasteiger partial charge in [0.1, 0.15) is 55.6 Å². The number of rotatable bonds is 13. The summed E-state index contributed by atoms with van der Waals surface area (Å²) in [7, 11) is 4.24. The van der Waals surface area contributed by atoms with E-state index in [2.05, 4.69) is 0 Å². The standard InChI is InChI=1S/C31H38O17/c1-41-18-10-15(11-19(42-2)27(18)43-3)4-9-22(35)46-28-24(37)20(12-32)47-31(28,14-33)48-30-26(39)25(38)23(36)21(45-30)13-44-29(40)16-5-7-17(34)8-6-16/h4-11,20-21,23-26,28,30,32-34,36-39H,12-14H2,1-3H3/t20-,21-,23-,24-,25+,26-,28+,30+,31+/m1/s1. The number of carbonyl (C=O) groups is 2. The third-order valence-corrected chi connectivity index (χ3v) is 7.68. The molecular weight excluding hydrogens is 644 g/mol. The Balaban J connectivity index is 1.51. The third-order valence-electron chi connectivity index (χ3n) is 7.68. The first-order valence-electron chi connectivity index (χ1n) is 14.5. The average Bonchev–Trinajstić information content (AvgIpc) is 3.36. The predicted molar refractivity (Wildman–Crippen MR) is 159 cm³/mol. The van der Waals surface area contributed by atoms with Crippen LogP contribution in [0.25, 0.3) is 6.08 Å².